The average Bonchev–Trinajstić information content (AvgIpc) is 3.06. The first-order chi connectivity index (χ1) is 14.1. The van der Waals surface area contributed by atoms with Crippen molar-refractivity contribution in [3.63, 3.8) is 0 Å². The van der Waals surface area contributed by atoms with Crippen molar-refractivity contribution >= 4 is 11.9 Å². The van der Waals surface area contributed by atoms with Crippen molar-refractivity contribution in [3.05, 3.63) is 71.3 Å². The molecule has 1 fully saturated rings. The van der Waals surface area contributed by atoms with Crippen LogP contribution in [-0.2, 0) is 6.54 Å². The van der Waals surface area contributed by atoms with Gasteiger partial charge in [0.15, 0.2) is 0 Å². The molecule has 4 rings (SSSR count). The summed E-state index contributed by atoms with van der Waals surface area (Å²) in [5.74, 6) is 0.684. The Labute approximate surface area is 170 Å². The molecule has 1 amide bonds. The Hall–Kier alpha value is -3.22. The summed E-state index contributed by atoms with van der Waals surface area (Å²) in [7, 11) is 0. The summed E-state index contributed by atoms with van der Waals surface area (Å²) >= 11 is 0. The number of nitrogens with one attached hydrogen (secondary N) is 1. The number of aryl methyl sites for hydroxylation is 2. The van der Waals surface area contributed by atoms with E-state index >= 15 is 0 Å². The molecule has 0 aliphatic carbocycles. The van der Waals surface area contributed by atoms with Crippen LogP contribution >= 0.6 is 0 Å². The third-order valence-corrected chi connectivity index (χ3v) is 5.24. The van der Waals surface area contributed by atoms with Crippen LogP contribution in [0.25, 0.3) is 0 Å². The second kappa shape index (κ2) is 8.43. The molecule has 29 heavy (non-hydrogen) atoms. The maximum Gasteiger partial charge on any atom is 0.251 e. The van der Waals surface area contributed by atoms with E-state index in [0.717, 1.165) is 48.8 Å². The molecule has 3 heterocycles. The monoisotopic (exact) mass is 390 g/mol. The highest BCUT2D eigenvalue weighted by Crippen LogP contribution is 2.16. The van der Waals surface area contributed by atoms with Gasteiger partial charge in [-0.3, -0.25) is 9.48 Å². The van der Waals surface area contributed by atoms with Crippen LogP contribution in [0.15, 0.2) is 48.8 Å². The summed E-state index contributed by atoms with van der Waals surface area (Å²) in [6.45, 7) is 6.39. The number of hydrogen-bond donors (Lipinski definition) is 1. The number of amides is 1. The highest BCUT2D eigenvalue weighted by molar-refractivity contribution is 5.94. The van der Waals surface area contributed by atoms with E-state index in [1.54, 1.807) is 12.4 Å². The number of carbonyl (C=O) groups is 1. The second-order valence-corrected chi connectivity index (χ2v) is 7.59. The maximum absolute atomic E-state index is 12.7. The van der Waals surface area contributed by atoms with Gasteiger partial charge in [0.1, 0.15) is 0 Å². The van der Waals surface area contributed by atoms with E-state index in [1.165, 1.54) is 0 Å². The Morgan fingerprint density at radius 3 is 2.62 bits per heavy atom. The van der Waals surface area contributed by atoms with Crippen LogP contribution in [0.2, 0.25) is 0 Å². The molecule has 1 saturated heterocycles. The van der Waals surface area contributed by atoms with Gasteiger partial charge in [0.05, 0.1) is 12.2 Å². The second-order valence-electron chi connectivity index (χ2n) is 7.59. The van der Waals surface area contributed by atoms with Crippen molar-refractivity contribution in [3.8, 4) is 0 Å². The number of benzene rings is 1. The summed E-state index contributed by atoms with van der Waals surface area (Å²) in [6.07, 6.45) is 5.46. The molecule has 2 aromatic heterocycles. The van der Waals surface area contributed by atoms with E-state index in [-0.39, 0.29) is 11.9 Å². The molecule has 0 radical (unpaired) electrons. The average molecular weight is 390 g/mol. The normalized spacial score (nSPS) is 16.6. The van der Waals surface area contributed by atoms with Gasteiger partial charge in [-0.05, 0) is 56.5 Å². The molecule has 0 unspecified atom stereocenters. The molecule has 0 spiro atoms. The molecule has 7 nitrogen and oxygen atoms in total. The van der Waals surface area contributed by atoms with Crippen LogP contribution < -0.4 is 10.2 Å². The molecular formula is C22H26N6O. The van der Waals surface area contributed by atoms with Gasteiger partial charge >= 0.3 is 0 Å². The molecule has 1 atom stereocenters. The number of aromatic nitrogens is 4. The minimum Gasteiger partial charge on any atom is -0.348 e. The number of carbonyl (C=O) groups excluding carboxylic acids is 1. The SMILES string of the molecule is Cc1cc(C)n(Cc2ccc(C(=O)N[C@H]3CCCN(c4ncccn4)C3)cc2)n1. The van der Waals surface area contributed by atoms with Gasteiger partial charge in [0, 0.05) is 42.8 Å². The first-order valence-corrected chi connectivity index (χ1v) is 10.0. The maximum atomic E-state index is 12.7. The summed E-state index contributed by atoms with van der Waals surface area (Å²) < 4.78 is 1.98. The van der Waals surface area contributed by atoms with Crippen LogP contribution in [0.1, 0.15) is 40.2 Å². The molecule has 1 N–H and O–H groups in total. The van der Waals surface area contributed by atoms with Crippen LogP contribution in [0.4, 0.5) is 5.95 Å². The van der Waals surface area contributed by atoms with Crippen molar-refractivity contribution in [1.82, 2.24) is 25.1 Å². The molecule has 0 bridgehead atoms. The van der Waals surface area contributed by atoms with Crippen LogP contribution in [-0.4, -0.2) is 44.8 Å². The summed E-state index contributed by atoms with van der Waals surface area (Å²) in [5.41, 5.74) is 3.95. The first kappa shape index (κ1) is 19.1. The Morgan fingerprint density at radius 2 is 1.93 bits per heavy atom. The molecule has 1 aliphatic heterocycles. The van der Waals surface area contributed by atoms with E-state index < -0.39 is 0 Å². The molecule has 3 aromatic rings. The highest BCUT2D eigenvalue weighted by Gasteiger charge is 2.23. The lowest BCUT2D eigenvalue weighted by atomic mass is 10.0. The molecule has 1 aliphatic rings. The van der Waals surface area contributed by atoms with Crippen molar-refractivity contribution < 1.29 is 4.79 Å². The fourth-order valence-electron chi connectivity index (χ4n) is 3.77. The summed E-state index contributed by atoms with van der Waals surface area (Å²) in [6, 6.07) is 11.7. The lowest BCUT2D eigenvalue weighted by Gasteiger charge is -2.33. The van der Waals surface area contributed by atoms with Gasteiger partial charge in [0.2, 0.25) is 5.95 Å². The number of rotatable bonds is 5. The van der Waals surface area contributed by atoms with Crippen LogP contribution in [0, 0.1) is 13.8 Å². The molecule has 7 heteroatoms. The smallest absolute Gasteiger partial charge is 0.251 e. The van der Waals surface area contributed by atoms with Crippen molar-refractivity contribution in [1.29, 1.82) is 0 Å². The molecular weight excluding hydrogens is 364 g/mol. The lowest BCUT2D eigenvalue weighted by molar-refractivity contribution is 0.0933. The topological polar surface area (TPSA) is 75.9 Å². The third-order valence-electron chi connectivity index (χ3n) is 5.24. The van der Waals surface area contributed by atoms with E-state index in [9.17, 15) is 4.79 Å². The van der Waals surface area contributed by atoms with Crippen LogP contribution in [0.5, 0.6) is 0 Å². The van der Waals surface area contributed by atoms with Gasteiger partial charge in [0.25, 0.3) is 5.91 Å². The largest absolute Gasteiger partial charge is 0.348 e. The van der Waals surface area contributed by atoms with E-state index in [2.05, 4.69) is 38.3 Å². The number of hydrogen-bond acceptors (Lipinski definition) is 5. The fraction of sp³-hybridized carbons (Fsp3) is 0.364. The van der Waals surface area contributed by atoms with E-state index in [4.69, 9.17) is 0 Å². The van der Waals surface area contributed by atoms with Crippen molar-refractivity contribution in [2.45, 2.75) is 39.3 Å². The van der Waals surface area contributed by atoms with Crippen molar-refractivity contribution in [2.24, 2.45) is 0 Å². The molecule has 0 saturated carbocycles. The standard InChI is InChI=1S/C22H26N6O/c1-16-13-17(2)28(26-16)14-18-6-8-19(9-7-18)21(29)25-20-5-3-12-27(15-20)22-23-10-4-11-24-22/h4,6-11,13,20H,3,5,12,14-15H2,1-2H3,(H,25,29)/t20-/m0/s1. The van der Waals surface area contributed by atoms with Crippen LogP contribution in [0.3, 0.4) is 0 Å². The fourth-order valence-corrected chi connectivity index (χ4v) is 3.77. The number of piperidine rings is 1. The third kappa shape index (κ3) is 4.62. The zero-order valence-corrected chi connectivity index (χ0v) is 16.9. The Kier molecular flexibility index (Phi) is 5.55. The first-order valence-electron chi connectivity index (χ1n) is 10.0. The quantitative estimate of drug-likeness (QED) is 0.725. The van der Waals surface area contributed by atoms with Gasteiger partial charge in [-0.2, -0.15) is 5.10 Å². The zero-order chi connectivity index (χ0) is 20.2. The van der Waals surface area contributed by atoms with Gasteiger partial charge in [-0.25, -0.2) is 9.97 Å². The Morgan fingerprint density at radius 1 is 1.17 bits per heavy atom. The highest BCUT2D eigenvalue weighted by atomic mass is 16.1. The predicted octanol–water partition coefficient (Wildman–Crippen LogP) is 2.74. The van der Waals surface area contributed by atoms with Crippen molar-refractivity contribution in [2.75, 3.05) is 18.0 Å². The van der Waals surface area contributed by atoms with Gasteiger partial charge < -0.3 is 10.2 Å². The molecule has 150 valence electrons. The minimum absolute atomic E-state index is 0.0384. The predicted molar refractivity (Wildman–Crippen MR) is 112 cm³/mol. The summed E-state index contributed by atoms with van der Waals surface area (Å²) in [4.78, 5) is 23.5. The molecule has 1 aromatic carbocycles. The summed E-state index contributed by atoms with van der Waals surface area (Å²) in [5, 5.41) is 7.66. The Balaban J connectivity index is 1.36. The van der Waals surface area contributed by atoms with Gasteiger partial charge in [-0.15, -0.1) is 0 Å². The Bertz CT molecular complexity index is 967. The van der Waals surface area contributed by atoms with E-state index in [1.807, 2.05) is 41.9 Å². The van der Waals surface area contributed by atoms with E-state index in [0.29, 0.717) is 12.1 Å². The minimum atomic E-state index is -0.0384. The number of nitrogens with zero attached hydrogens (tertiary/aromatic N) is 5. The number of anilines is 1. The zero-order valence-electron chi connectivity index (χ0n) is 16.9. The van der Waals surface area contributed by atoms with Gasteiger partial charge in [-0.1, -0.05) is 12.1 Å². The lowest BCUT2D eigenvalue weighted by Crippen LogP contribution is -2.48.